The molecule has 1 aliphatic rings. The molecule has 186 valence electrons. The first-order chi connectivity index (χ1) is 16.7. The maximum atomic E-state index is 12.5. The van der Waals surface area contributed by atoms with Crippen molar-refractivity contribution in [3.63, 3.8) is 0 Å². The zero-order valence-electron chi connectivity index (χ0n) is 18.4. The molecule has 0 unspecified atom stereocenters. The number of piperazine rings is 1. The van der Waals surface area contributed by atoms with Gasteiger partial charge in [0.2, 0.25) is 0 Å². The number of thiazole rings is 1. The third-order valence-electron chi connectivity index (χ3n) is 5.15. The number of hydrogen-bond donors (Lipinski definition) is 2. The molecule has 1 saturated heterocycles. The minimum absolute atomic E-state index is 0.132. The van der Waals surface area contributed by atoms with Gasteiger partial charge < -0.3 is 29.1 Å². The highest BCUT2D eigenvalue weighted by molar-refractivity contribution is 8.00. The first kappa shape index (κ1) is 24.8. The van der Waals surface area contributed by atoms with Crippen molar-refractivity contribution in [2.45, 2.75) is 11.4 Å². The topological polar surface area (TPSA) is 87.2 Å². The molecule has 0 spiro atoms. The smallest absolute Gasteiger partial charge is 0.495 e. The van der Waals surface area contributed by atoms with Crippen molar-refractivity contribution < 1.29 is 32.5 Å². The monoisotopic (exact) mass is 526 g/mol. The van der Waals surface area contributed by atoms with Gasteiger partial charge in [0.25, 0.3) is 0 Å². The van der Waals surface area contributed by atoms with Crippen LogP contribution in [0.1, 0.15) is 10.4 Å². The Morgan fingerprint density at radius 1 is 1.14 bits per heavy atom. The van der Waals surface area contributed by atoms with Gasteiger partial charge in [-0.15, -0.1) is 24.5 Å². The van der Waals surface area contributed by atoms with Gasteiger partial charge in [-0.1, -0.05) is 6.07 Å². The van der Waals surface area contributed by atoms with Gasteiger partial charge in [-0.2, -0.15) is 0 Å². The van der Waals surface area contributed by atoms with Crippen LogP contribution in [0.3, 0.4) is 0 Å². The number of alkyl halides is 3. The van der Waals surface area contributed by atoms with Gasteiger partial charge in [0.05, 0.1) is 18.4 Å². The third-order valence-corrected chi connectivity index (χ3v) is 6.94. The van der Waals surface area contributed by atoms with Crippen molar-refractivity contribution in [2.75, 3.05) is 47.8 Å². The van der Waals surface area contributed by atoms with Gasteiger partial charge in [0, 0.05) is 55.3 Å². The van der Waals surface area contributed by atoms with Crippen molar-refractivity contribution in [1.29, 1.82) is 0 Å². The van der Waals surface area contributed by atoms with Crippen molar-refractivity contribution in [3.05, 3.63) is 53.4 Å². The van der Waals surface area contributed by atoms with Crippen molar-refractivity contribution in [1.82, 2.24) is 4.98 Å². The van der Waals surface area contributed by atoms with E-state index in [0.717, 1.165) is 10.2 Å². The van der Waals surface area contributed by atoms with Gasteiger partial charge in [0.1, 0.15) is 16.5 Å². The molecule has 13 heteroatoms. The van der Waals surface area contributed by atoms with E-state index in [0.29, 0.717) is 43.3 Å². The molecule has 2 aromatic carbocycles. The van der Waals surface area contributed by atoms with Gasteiger partial charge in [-0.05, 0) is 30.3 Å². The van der Waals surface area contributed by atoms with Crippen LogP contribution in [0, 0.1) is 0 Å². The van der Waals surface area contributed by atoms with Crippen LogP contribution in [0.15, 0.2) is 52.9 Å². The molecule has 0 amide bonds. The average molecular weight is 527 g/mol. The molecule has 0 radical (unpaired) electrons. The number of carboxylic acids is 1. The number of hydrogen-bond acceptors (Lipinski definition) is 9. The summed E-state index contributed by atoms with van der Waals surface area (Å²) < 4.78 is 50.0. The molecule has 0 bridgehead atoms. The molecule has 35 heavy (non-hydrogen) atoms. The summed E-state index contributed by atoms with van der Waals surface area (Å²) in [4.78, 5) is 19.9. The highest BCUT2D eigenvalue weighted by atomic mass is 32.2. The van der Waals surface area contributed by atoms with Crippen LogP contribution < -0.4 is 24.0 Å². The van der Waals surface area contributed by atoms with Crippen LogP contribution in [0.5, 0.6) is 11.5 Å². The van der Waals surface area contributed by atoms with E-state index in [-0.39, 0.29) is 11.3 Å². The molecule has 1 aliphatic heterocycles. The van der Waals surface area contributed by atoms with E-state index in [2.05, 4.69) is 19.3 Å². The lowest BCUT2D eigenvalue weighted by molar-refractivity contribution is -0.274. The fourth-order valence-electron chi connectivity index (χ4n) is 3.49. The summed E-state index contributed by atoms with van der Waals surface area (Å²) in [7, 11) is 1.47. The minimum Gasteiger partial charge on any atom is -0.495 e. The zero-order valence-corrected chi connectivity index (χ0v) is 20.0. The van der Waals surface area contributed by atoms with Gasteiger partial charge in [-0.25, -0.2) is 9.78 Å². The molecule has 1 fully saturated rings. The molecule has 0 atom stereocenters. The Labute approximate surface area is 207 Å². The minimum atomic E-state index is -4.72. The Hall–Kier alpha value is -3.32. The largest absolute Gasteiger partial charge is 0.573 e. The maximum absolute atomic E-state index is 12.5. The van der Waals surface area contributed by atoms with Crippen molar-refractivity contribution >= 4 is 45.8 Å². The summed E-state index contributed by atoms with van der Waals surface area (Å²) in [6.07, 6.45) is -4.72. The molecular formula is C22H21F3N4O4S2. The third kappa shape index (κ3) is 6.42. The number of benzene rings is 2. The highest BCUT2D eigenvalue weighted by Crippen LogP contribution is 2.33. The quantitative estimate of drug-likeness (QED) is 0.385. The predicted molar refractivity (Wildman–Crippen MR) is 129 cm³/mol. The van der Waals surface area contributed by atoms with E-state index in [1.54, 1.807) is 18.2 Å². The molecule has 3 aromatic rings. The number of anilines is 3. The fourth-order valence-corrected chi connectivity index (χ4v) is 5.14. The van der Waals surface area contributed by atoms with E-state index < -0.39 is 12.3 Å². The standard InChI is InChI=1S/C22H21F3N4O4S2/c1-32-18-11-14(20(30)31)5-6-17(18)27-35-19-13-34-21(26-19)29-9-7-28(8-10-29)15-3-2-4-16(12-15)33-22(23,24)25/h2-6,11-13,27H,7-10H2,1H3,(H,30,31). The van der Waals surface area contributed by atoms with E-state index in [1.807, 2.05) is 10.3 Å². The molecule has 8 nitrogen and oxygen atoms in total. The molecule has 4 rings (SSSR count). The second kappa shape index (κ2) is 10.5. The summed E-state index contributed by atoms with van der Waals surface area (Å²) in [6.45, 7) is 2.59. The SMILES string of the molecule is COc1cc(C(=O)O)ccc1NSc1csc(N2CCN(c3cccc(OC(F)(F)F)c3)CC2)n1. The molecule has 1 aromatic heterocycles. The number of methoxy groups -OCH3 is 1. The lowest BCUT2D eigenvalue weighted by Gasteiger charge is -2.36. The average Bonchev–Trinajstić information content (AvgIpc) is 3.31. The van der Waals surface area contributed by atoms with Crippen molar-refractivity contribution in [2.24, 2.45) is 0 Å². The summed E-state index contributed by atoms with van der Waals surface area (Å²) in [5.41, 5.74) is 1.43. The van der Waals surface area contributed by atoms with E-state index in [4.69, 9.17) is 9.84 Å². The first-order valence-corrected chi connectivity index (χ1v) is 12.1. The van der Waals surface area contributed by atoms with Crippen molar-refractivity contribution in [3.8, 4) is 11.5 Å². The fraction of sp³-hybridized carbons (Fsp3) is 0.273. The summed E-state index contributed by atoms with van der Waals surface area (Å²) in [5, 5.41) is 12.6. The Morgan fingerprint density at radius 3 is 2.57 bits per heavy atom. The van der Waals surface area contributed by atoms with Gasteiger partial charge >= 0.3 is 12.3 Å². The number of ether oxygens (including phenoxy) is 2. The lowest BCUT2D eigenvalue weighted by Crippen LogP contribution is -2.46. The number of aromatic carboxylic acids is 1. The molecule has 0 aliphatic carbocycles. The van der Waals surface area contributed by atoms with Crippen LogP contribution >= 0.6 is 23.3 Å². The van der Waals surface area contributed by atoms with Crippen LogP contribution in [-0.4, -0.2) is 55.7 Å². The summed E-state index contributed by atoms with van der Waals surface area (Å²) in [6, 6.07) is 10.6. The second-order valence-corrected chi connectivity index (χ2v) is 9.07. The summed E-state index contributed by atoms with van der Waals surface area (Å²) >= 11 is 2.78. The lowest BCUT2D eigenvalue weighted by atomic mass is 10.2. The van der Waals surface area contributed by atoms with Crippen LogP contribution in [0.25, 0.3) is 0 Å². The number of halogens is 3. The Balaban J connectivity index is 1.33. The number of rotatable bonds is 8. The van der Waals surface area contributed by atoms with Crippen LogP contribution in [0.2, 0.25) is 0 Å². The van der Waals surface area contributed by atoms with Gasteiger partial charge in [0.15, 0.2) is 5.13 Å². The second-order valence-electron chi connectivity index (χ2n) is 7.41. The van der Waals surface area contributed by atoms with Crippen LogP contribution in [0.4, 0.5) is 29.7 Å². The first-order valence-electron chi connectivity index (χ1n) is 10.4. The molecule has 2 N–H and O–H groups in total. The normalized spacial score (nSPS) is 14.1. The molecular weight excluding hydrogens is 505 g/mol. The highest BCUT2D eigenvalue weighted by Gasteiger charge is 2.31. The number of nitrogens with one attached hydrogen (secondary N) is 1. The summed E-state index contributed by atoms with van der Waals surface area (Å²) in [5.74, 6) is -0.858. The van der Waals surface area contributed by atoms with Gasteiger partial charge in [-0.3, -0.25) is 0 Å². The Morgan fingerprint density at radius 2 is 1.89 bits per heavy atom. The predicted octanol–water partition coefficient (Wildman–Crippen LogP) is 5.19. The molecule has 0 saturated carbocycles. The Kier molecular flexibility index (Phi) is 7.45. The number of carbonyl (C=O) groups is 1. The number of aromatic nitrogens is 1. The zero-order chi connectivity index (χ0) is 25.0. The number of carboxylic acid groups (broad SMARTS) is 1. The number of nitrogens with zero attached hydrogens (tertiary/aromatic N) is 3. The Bertz CT molecular complexity index is 1180. The molecule has 2 heterocycles. The van der Waals surface area contributed by atoms with E-state index in [9.17, 15) is 18.0 Å². The van der Waals surface area contributed by atoms with E-state index >= 15 is 0 Å². The van der Waals surface area contributed by atoms with E-state index in [1.165, 1.54) is 54.7 Å². The van der Waals surface area contributed by atoms with Crippen LogP contribution in [-0.2, 0) is 0 Å². The maximum Gasteiger partial charge on any atom is 0.573 e.